The van der Waals surface area contributed by atoms with Gasteiger partial charge in [-0.2, -0.15) is 5.10 Å². The van der Waals surface area contributed by atoms with Crippen LogP contribution in [0.1, 0.15) is 11.1 Å². The van der Waals surface area contributed by atoms with Gasteiger partial charge < -0.3 is 5.11 Å². The summed E-state index contributed by atoms with van der Waals surface area (Å²) < 4.78 is 1.51. The number of aliphatic hydroxyl groups is 1. The molecule has 0 bridgehead atoms. The molecule has 0 aliphatic rings. The molecule has 0 aliphatic carbocycles. The lowest BCUT2D eigenvalue weighted by Crippen LogP contribution is -2.29. The lowest BCUT2D eigenvalue weighted by atomic mass is 10.00. The smallest absolute Gasteiger partial charge is 0.137 e. The lowest BCUT2D eigenvalue weighted by molar-refractivity contribution is 0.119. The molecule has 0 saturated heterocycles. The molecule has 0 fully saturated rings. The maximum atomic E-state index is 11.2. The molecule has 3 rings (SSSR count). The van der Waals surface area contributed by atoms with E-state index in [1.165, 1.54) is 17.3 Å². The van der Waals surface area contributed by atoms with Crippen LogP contribution in [0.3, 0.4) is 0 Å². The zero-order valence-corrected chi connectivity index (χ0v) is 17.5. The van der Waals surface area contributed by atoms with Crippen molar-refractivity contribution in [3.05, 3.63) is 92.4 Å². The first-order chi connectivity index (χ1) is 13.4. The van der Waals surface area contributed by atoms with Crippen LogP contribution in [-0.4, -0.2) is 25.5 Å². The molecule has 0 atom stereocenters. The lowest BCUT2D eigenvalue weighted by Gasteiger charge is -2.21. The maximum absolute atomic E-state index is 11.2. The highest BCUT2D eigenvalue weighted by Crippen LogP contribution is 2.29. The summed E-state index contributed by atoms with van der Waals surface area (Å²) in [5.74, 6) is 0. The molecule has 1 heterocycles. The fraction of sp³-hybridized carbons (Fsp3) is 0.100. The monoisotopic (exact) mass is 453 g/mol. The van der Waals surface area contributed by atoms with Crippen molar-refractivity contribution in [3.63, 3.8) is 0 Å². The van der Waals surface area contributed by atoms with Gasteiger partial charge >= 0.3 is 0 Å². The highest BCUT2D eigenvalue weighted by molar-refractivity contribution is 6.37. The quantitative estimate of drug-likeness (QED) is 0.493. The molecule has 0 saturated carbocycles. The van der Waals surface area contributed by atoms with E-state index < -0.39 is 5.60 Å². The van der Waals surface area contributed by atoms with Crippen LogP contribution >= 0.6 is 46.4 Å². The molecule has 4 nitrogen and oxygen atoms in total. The first-order valence-electron chi connectivity index (χ1n) is 8.19. The molecule has 1 aromatic heterocycles. The highest BCUT2D eigenvalue weighted by Gasteiger charge is 2.22. The second-order valence-electron chi connectivity index (χ2n) is 6.02. The normalized spacial score (nSPS) is 12.3. The van der Waals surface area contributed by atoms with Crippen LogP contribution in [-0.2, 0) is 6.54 Å². The summed E-state index contributed by atoms with van der Waals surface area (Å²) in [5, 5.41) is 17.2. The molecule has 0 aliphatic heterocycles. The summed E-state index contributed by atoms with van der Waals surface area (Å²) in [7, 11) is 0. The third kappa shape index (κ3) is 5.16. The van der Waals surface area contributed by atoms with Gasteiger partial charge in [0.25, 0.3) is 0 Å². The second-order valence-corrected chi connectivity index (χ2v) is 7.65. The molecule has 144 valence electrons. The van der Waals surface area contributed by atoms with Crippen LogP contribution in [0.5, 0.6) is 0 Å². The highest BCUT2D eigenvalue weighted by atomic mass is 35.5. The van der Waals surface area contributed by atoms with Gasteiger partial charge in [-0.05, 0) is 36.4 Å². The van der Waals surface area contributed by atoms with Crippen molar-refractivity contribution >= 4 is 58.6 Å². The zero-order chi connectivity index (χ0) is 20.1. The fourth-order valence-electron chi connectivity index (χ4n) is 2.53. The minimum atomic E-state index is -1.43. The zero-order valence-electron chi connectivity index (χ0n) is 14.4. The molecule has 3 aromatic rings. The predicted octanol–water partition coefficient (Wildman–Crippen LogP) is 6.05. The van der Waals surface area contributed by atoms with E-state index >= 15 is 0 Å². The van der Waals surface area contributed by atoms with E-state index in [1.807, 2.05) is 0 Å². The van der Waals surface area contributed by atoms with E-state index in [4.69, 9.17) is 46.4 Å². The Hall–Kier alpha value is -1.82. The Balaban J connectivity index is 1.98. The van der Waals surface area contributed by atoms with E-state index in [9.17, 15) is 5.11 Å². The summed E-state index contributed by atoms with van der Waals surface area (Å²) >= 11 is 24.9. The number of aromatic nitrogens is 3. The van der Waals surface area contributed by atoms with Crippen molar-refractivity contribution in [3.8, 4) is 0 Å². The van der Waals surface area contributed by atoms with Crippen molar-refractivity contribution < 1.29 is 5.11 Å². The number of hydrogen-bond donors (Lipinski definition) is 1. The van der Waals surface area contributed by atoms with Crippen LogP contribution < -0.4 is 0 Å². The Labute approximate surface area is 182 Å². The van der Waals surface area contributed by atoms with E-state index in [1.54, 1.807) is 60.7 Å². The van der Waals surface area contributed by atoms with Gasteiger partial charge in [0.1, 0.15) is 18.3 Å². The topological polar surface area (TPSA) is 50.9 Å². The minimum Gasteiger partial charge on any atom is -0.380 e. The standard InChI is InChI=1S/C20H15Cl4N3O/c21-16-3-1-4-17(22)14(16)7-9-20(28,11-27-13-25-12-26-27)10-8-15-18(23)5-2-6-19(15)24/h1-10,12-13,28H,11H2/b9-7+,10-8+. The molecular formula is C20H15Cl4N3O. The molecule has 0 spiro atoms. The van der Waals surface area contributed by atoms with Crippen LogP contribution in [0.25, 0.3) is 12.2 Å². The second kappa shape index (κ2) is 9.12. The summed E-state index contributed by atoms with van der Waals surface area (Å²) in [6.07, 6.45) is 9.41. The number of hydrogen-bond acceptors (Lipinski definition) is 3. The number of benzene rings is 2. The Morgan fingerprint density at radius 3 is 1.71 bits per heavy atom. The molecule has 2 aromatic carbocycles. The van der Waals surface area contributed by atoms with E-state index in [2.05, 4.69) is 10.1 Å². The average molecular weight is 455 g/mol. The van der Waals surface area contributed by atoms with Crippen molar-refractivity contribution in [2.24, 2.45) is 0 Å². The summed E-state index contributed by atoms with van der Waals surface area (Å²) in [6.45, 7) is 0.115. The van der Waals surface area contributed by atoms with E-state index in [0.29, 0.717) is 31.2 Å². The van der Waals surface area contributed by atoms with E-state index in [0.717, 1.165) is 0 Å². The number of nitrogens with zero attached hydrogens (tertiary/aromatic N) is 3. The number of halogens is 4. The Morgan fingerprint density at radius 1 is 0.857 bits per heavy atom. The van der Waals surface area contributed by atoms with Crippen molar-refractivity contribution in [1.29, 1.82) is 0 Å². The summed E-state index contributed by atoms with van der Waals surface area (Å²) in [6, 6.07) is 10.4. The van der Waals surface area contributed by atoms with Gasteiger partial charge in [-0.25, -0.2) is 9.67 Å². The Kier molecular flexibility index (Phi) is 6.81. The molecule has 0 radical (unpaired) electrons. The van der Waals surface area contributed by atoms with Gasteiger partial charge in [0.15, 0.2) is 0 Å². The average Bonchev–Trinajstić information content (AvgIpc) is 3.13. The van der Waals surface area contributed by atoms with Gasteiger partial charge in [0.2, 0.25) is 0 Å². The van der Waals surface area contributed by atoms with Gasteiger partial charge in [0.05, 0.1) is 6.54 Å². The van der Waals surface area contributed by atoms with Gasteiger partial charge in [-0.15, -0.1) is 0 Å². The minimum absolute atomic E-state index is 0.115. The van der Waals surface area contributed by atoms with Gasteiger partial charge in [-0.1, -0.05) is 70.7 Å². The summed E-state index contributed by atoms with van der Waals surface area (Å²) in [4.78, 5) is 3.91. The third-order valence-electron chi connectivity index (χ3n) is 3.96. The first-order valence-corrected chi connectivity index (χ1v) is 9.70. The van der Waals surface area contributed by atoms with Crippen molar-refractivity contribution in [2.75, 3.05) is 0 Å². The molecule has 8 heteroatoms. The van der Waals surface area contributed by atoms with Crippen LogP contribution in [0.2, 0.25) is 20.1 Å². The Bertz CT molecular complexity index is 914. The van der Waals surface area contributed by atoms with Crippen LogP contribution in [0, 0.1) is 0 Å². The van der Waals surface area contributed by atoms with Gasteiger partial charge in [0, 0.05) is 31.2 Å². The fourth-order valence-corrected chi connectivity index (χ4v) is 3.58. The predicted molar refractivity (Wildman–Crippen MR) is 116 cm³/mol. The maximum Gasteiger partial charge on any atom is 0.137 e. The molecule has 28 heavy (non-hydrogen) atoms. The van der Waals surface area contributed by atoms with Crippen LogP contribution in [0.15, 0.2) is 61.2 Å². The molecule has 0 amide bonds. The van der Waals surface area contributed by atoms with Crippen molar-refractivity contribution in [1.82, 2.24) is 14.8 Å². The van der Waals surface area contributed by atoms with E-state index in [-0.39, 0.29) is 6.54 Å². The molecule has 0 unspecified atom stereocenters. The molecule has 1 N–H and O–H groups in total. The largest absolute Gasteiger partial charge is 0.380 e. The first kappa shape index (κ1) is 20.9. The van der Waals surface area contributed by atoms with Gasteiger partial charge in [-0.3, -0.25) is 0 Å². The SMILES string of the molecule is OC(/C=C/c1c(Cl)cccc1Cl)(/C=C/c1c(Cl)cccc1Cl)Cn1cncn1. The molecular weight excluding hydrogens is 440 g/mol. The third-order valence-corrected chi connectivity index (χ3v) is 5.28. The van der Waals surface area contributed by atoms with Crippen molar-refractivity contribution in [2.45, 2.75) is 12.1 Å². The Morgan fingerprint density at radius 2 is 1.32 bits per heavy atom. The number of rotatable bonds is 6. The summed E-state index contributed by atoms with van der Waals surface area (Å²) in [5.41, 5.74) is -0.224. The van der Waals surface area contributed by atoms with Crippen LogP contribution in [0.4, 0.5) is 0 Å².